The molecule has 0 aliphatic rings. The predicted molar refractivity (Wildman–Crippen MR) is 104 cm³/mol. The van der Waals surface area contributed by atoms with Crippen LogP contribution in [0.5, 0.6) is 0 Å². The topological polar surface area (TPSA) is 111 Å². The van der Waals surface area contributed by atoms with Crippen LogP contribution in [0.15, 0.2) is 67.6 Å². The predicted octanol–water partition coefficient (Wildman–Crippen LogP) is 2.76. The van der Waals surface area contributed by atoms with Crippen molar-refractivity contribution in [2.45, 2.75) is 6.92 Å². The molecule has 2 N–H and O–H groups in total. The first kappa shape index (κ1) is 17.3. The summed E-state index contributed by atoms with van der Waals surface area (Å²) in [5.74, 6) is 1.90. The fraction of sp³-hybridized carbons (Fsp3) is 0.0526. The van der Waals surface area contributed by atoms with E-state index in [1.54, 1.807) is 18.3 Å². The smallest absolute Gasteiger partial charge is 0.275 e. The van der Waals surface area contributed by atoms with E-state index in [4.69, 9.17) is 0 Å². The Morgan fingerprint density at radius 2 is 1.79 bits per heavy atom. The van der Waals surface area contributed by atoms with E-state index in [0.717, 1.165) is 17.3 Å². The van der Waals surface area contributed by atoms with Crippen LogP contribution in [0.3, 0.4) is 0 Å². The molecule has 28 heavy (non-hydrogen) atoms. The van der Waals surface area contributed by atoms with Crippen molar-refractivity contribution in [2.24, 2.45) is 0 Å². The highest BCUT2D eigenvalue weighted by Gasteiger charge is 2.08. The van der Waals surface area contributed by atoms with Gasteiger partial charge in [-0.15, -0.1) is 0 Å². The summed E-state index contributed by atoms with van der Waals surface area (Å²) in [6, 6.07) is 9.10. The Balaban J connectivity index is 1.45. The molecular weight excluding hydrogens is 356 g/mol. The van der Waals surface area contributed by atoms with Crippen LogP contribution in [0.1, 0.15) is 16.3 Å². The van der Waals surface area contributed by atoms with Crippen molar-refractivity contribution in [2.75, 3.05) is 10.6 Å². The normalized spacial score (nSPS) is 10.5. The summed E-state index contributed by atoms with van der Waals surface area (Å²) in [5.41, 5.74) is 1.73. The van der Waals surface area contributed by atoms with Gasteiger partial charge in [0.1, 0.15) is 29.5 Å². The second-order valence-corrected chi connectivity index (χ2v) is 5.85. The number of aromatic nitrogens is 6. The zero-order valence-corrected chi connectivity index (χ0v) is 14.9. The third kappa shape index (κ3) is 3.83. The average Bonchev–Trinajstić information content (AvgIpc) is 3.16. The van der Waals surface area contributed by atoms with Gasteiger partial charge in [0, 0.05) is 42.2 Å². The van der Waals surface area contributed by atoms with Gasteiger partial charge in [-0.2, -0.15) is 0 Å². The van der Waals surface area contributed by atoms with Crippen LogP contribution >= 0.6 is 0 Å². The maximum Gasteiger partial charge on any atom is 0.275 e. The summed E-state index contributed by atoms with van der Waals surface area (Å²) in [5, 5.41) is 6.00. The molecule has 0 unspecified atom stereocenters. The summed E-state index contributed by atoms with van der Waals surface area (Å²) in [7, 11) is 0. The van der Waals surface area contributed by atoms with Gasteiger partial charge in [-0.1, -0.05) is 0 Å². The van der Waals surface area contributed by atoms with E-state index in [-0.39, 0.29) is 11.6 Å². The van der Waals surface area contributed by atoms with Crippen molar-refractivity contribution < 1.29 is 4.79 Å². The number of benzene rings is 1. The Bertz CT molecular complexity index is 1090. The number of rotatable bonds is 5. The largest absolute Gasteiger partial charge is 0.340 e. The van der Waals surface area contributed by atoms with Crippen LogP contribution in [0.25, 0.3) is 5.82 Å². The van der Waals surface area contributed by atoms with Crippen molar-refractivity contribution in [3.05, 3.63) is 79.2 Å². The van der Waals surface area contributed by atoms with Gasteiger partial charge in [0.25, 0.3) is 5.91 Å². The fourth-order valence-corrected chi connectivity index (χ4v) is 2.56. The highest BCUT2D eigenvalue weighted by molar-refractivity contribution is 6.02. The van der Waals surface area contributed by atoms with Crippen LogP contribution in [-0.4, -0.2) is 35.4 Å². The number of imidazole rings is 1. The molecule has 0 bridgehead atoms. The summed E-state index contributed by atoms with van der Waals surface area (Å²) < 4.78 is 1.87. The average molecular weight is 372 g/mol. The monoisotopic (exact) mass is 372 g/mol. The first-order valence-corrected chi connectivity index (χ1v) is 8.46. The van der Waals surface area contributed by atoms with Crippen molar-refractivity contribution in [3.63, 3.8) is 0 Å². The van der Waals surface area contributed by atoms with Crippen LogP contribution in [0.4, 0.5) is 17.2 Å². The number of hydrogen-bond donors (Lipinski definition) is 2. The highest BCUT2D eigenvalue weighted by Crippen LogP contribution is 2.19. The molecule has 4 aromatic rings. The SMILES string of the molecule is Cc1nccn1-c1cc(Nc2ccc(NC(=O)c3cnccn3)cc2)ncn1. The standard InChI is InChI=1S/C19H16N8O/c1-13-21-8-9-27(13)18-10-17(23-12-24-18)25-14-2-4-15(5-3-14)26-19(28)16-11-20-6-7-22-16/h2-12H,1H3,(H,26,28)(H,23,24,25). The quantitative estimate of drug-likeness (QED) is 0.554. The third-order valence-corrected chi connectivity index (χ3v) is 3.94. The second kappa shape index (κ2) is 7.62. The Kier molecular flexibility index (Phi) is 4.70. The lowest BCUT2D eigenvalue weighted by Gasteiger charge is -2.09. The van der Waals surface area contributed by atoms with E-state index in [1.165, 1.54) is 24.9 Å². The molecule has 4 rings (SSSR count). The maximum atomic E-state index is 12.1. The van der Waals surface area contributed by atoms with E-state index in [2.05, 4.69) is 35.6 Å². The number of anilines is 3. The molecule has 0 atom stereocenters. The van der Waals surface area contributed by atoms with Crippen molar-refractivity contribution in [1.82, 2.24) is 29.5 Å². The lowest BCUT2D eigenvalue weighted by Crippen LogP contribution is -2.13. The highest BCUT2D eigenvalue weighted by atomic mass is 16.1. The van der Waals surface area contributed by atoms with Gasteiger partial charge in [0.05, 0.1) is 6.20 Å². The molecule has 0 aliphatic heterocycles. The molecule has 9 nitrogen and oxygen atoms in total. The number of amides is 1. The second-order valence-electron chi connectivity index (χ2n) is 5.85. The van der Waals surface area contributed by atoms with E-state index >= 15 is 0 Å². The molecule has 0 saturated heterocycles. The number of aryl methyl sites for hydroxylation is 1. The van der Waals surface area contributed by atoms with E-state index in [1.807, 2.05) is 35.9 Å². The van der Waals surface area contributed by atoms with E-state index in [0.29, 0.717) is 11.5 Å². The Labute approximate surface area is 160 Å². The lowest BCUT2D eigenvalue weighted by atomic mass is 10.2. The van der Waals surface area contributed by atoms with Crippen molar-refractivity contribution >= 4 is 23.1 Å². The molecule has 1 aromatic carbocycles. The first-order valence-electron chi connectivity index (χ1n) is 8.46. The van der Waals surface area contributed by atoms with Gasteiger partial charge in [-0.05, 0) is 31.2 Å². The minimum Gasteiger partial charge on any atom is -0.340 e. The molecule has 3 aromatic heterocycles. The van der Waals surface area contributed by atoms with Crippen LogP contribution in [0, 0.1) is 6.92 Å². The molecule has 0 aliphatic carbocycles. The van der Waals surface area contributed by atoms with Crippen LogP contribution in [0.2, 0.25) is 0 Å². The van der Waals surface area contributed by atoms with Gasteiger partial charge in [-0.3, -0.25) is 14.3 Å². The number of hydrogen-bond acceptors (Lipinski definition) is 7. The maximum absolute atomic E-state index is 12.1. The van der Waals surface area contributed by atoms with Gasteiger partial charge < -0.3 is 10.6 Å². The van der Waals surface area contributed by atoms with Gasteiger partial charge in [0.2, 0.25) is 0 Å². The molecule has 0 fully saturated rings. The molecule has 138 valence electrons. The summed E-state index contributed by atoms with van der Waals surface area (Å²) >= 11 is 0. The first-order chi connectivity index (χ1) is 13.7. The minimum absolute atomic E-state index is 0.257. The molecule has 0 saturated carbocycles. The van der Waals surface area contributed by atoms with Crippen molar-refractivity contribution in [1.29, 1.82) is 0 Å². The Morgan fingerprint density at radius 3 is 2.50 bits per heavy atom. The van der Waals surface area contributed by atoms with E-state index in [9.17, 15) is 4.79 Å². The molecule has 9 heteroatoms. The van der Waals surface area contributed by atoms with E-state index < -0.39 is 0 Å². The molecular formula is C19H16N8O. The zero-order valence-electron chi connectivity index (χ0n) is 14.9. The molecule has 0 radical (unpaired) electrons. The molecule has 3 heterocycles. The number of carbonyl (C=O) groups excluding carboxylic acids is 1. The number of carbonyl (C=O) groups is 1. The minimum atomic E-state index is -0.315. The van der Waals surface area contributed by atoms with Crippen LogP contribution < -0.4 is 10.6 Å². The van der Waals surface area contributed by atoms with Crippen LogP contribution in [-0.2, 0) is 0 Å². The summed E-state index contributed by atoms with van der Waals surface area (Å²) in [6.45, 7) is 1.91. The Hall–Kier alpha value is -4.14. The lowest BCUT2D eigenvalue weighted by molar-refractivity contribution is 0.102. The fourth-order valence-electron chi connectivity index (χ4n) is 2.56. The number of nitrogens with zero attached hydrogens (tertiary/aromatic N) is 6. The van der Waals surface area contributed by atoms with Gasteiger partial charge in [-0.25, -0.2) is 19.9 Å². The number of nitrogens with one attached hydrogen (secondary N) is 2. The van der Waals surface area contributed by atoms with Gasteiger partial charge in [0.15, 0.2) is 0 Å². The Morgan fingerprint density at radius 1 is 0.964 bits per heavy atom. The summed E-state index contributed by atoms with van der Waals surface area (Å²) in [6.07, 6.45) is 9.47. The van der Waals surface area contributed by atoms with Gasteiger partial charge >= 0.3 is 0 Å². The summed E-state index contributed by atoms with van der Waals surface area (Å²) in [4.78, 5) is 32.7. The zero-order chi connectivity index (χ0) is 19.3. The molecule has 1 amide bonds. The third-order valence-electron chi connectivity index (χ3n) is 3.94. The van der Waals surface area contributed by atoms with Crippen molar-refractivity contribution in [3.8, 4) is 5.82 Å². The molecule has 0 spiro atoms.